The standard InChI is InChI=1S/C16H22N2O/c1-17-15-7-9-16(10-8-15)19-14-6-2-3-11-18-12-4-5-13-18/h7-10H,2-6,11-14H2. The molecule has 0 atom stereocenters. The number of hydrogen-bond acceptors (Lipinski definition) is 2. The molecule has 1 aromatic carbocycles. The summed E-state index contributed by atoms with van der Waals surface area (Å²) in [5, 5.41) is 0. The predicted molar refractivity (Wildman–Crippen MR) is 77.7 cm³/mol. The largest absolute Gasteiger partial charge is 0.494 e. The fourth-order valence-corrected chi connectivity index (χ4v) is 2.43. The van der Waals surface area contributed by atoms with Gasteiger partial charge in [-0.3, -0.25) is 0 Å². The van der Waals surface area contributed by atoms with Crippen LogP contribution in [0.4, 0.5) is 5.69 Å². The van der Waals surface area contributed by atoms with Gasteiger partial charge in [-0.05, 0) is 63.9 Å². The van der Waals surface area contributed by atoms with Crippen LogP contribution in [0.25, 0.3) is 4.85 Å². The van der Waals surface area contributed by atoms with Gasteiger partial charge in [0, 0.05) is 0 Å². The molecule has 3 heteroatoms. The van der Waals surface area contributed by atoms with E-state index < -0.39 is 0 Å². The van der Waals surface area contributed by atoms with Crippen molar-refractivity contribution >= 4 is 5.69 Å². The Hall–Kier alpha value is -1.53. The fraction of sp³-hybridized carbons (Fsp3) is 0.562. The van der Waals surface area contributed by atoms with Crippen molar-refractivity contribution in [2.45, 2.75) is 32.1 Å². The lowest BCUT2D eigenvalue weighted by Crippen LogP contribution is -2.20. The lowest BCUT2D eigenvalue weighted by atomic mass is 10.2. The summed E-state index contributed by atoms with van der Waals surface area (Å²) >= 11 is 0. The third-order valence-corrected chi connectivity index (χ3v) is 3.55. The molecule has 0 aromatic heterocycles. The van der Waals surface area contributed by atoms with Gasteiger partial charge in [-0.2, -0.15) is 0 Å². The van der Waals surface area contributed by atoms with Crippen molar-refractivity contribution in [1.82, 2.24) is 4.90 Å². The molecule has 1 saturated heterocycles. The summed E-state index contributed by atoms with van der Waals surface area (Å²) in [4.78, 5) is 5.92. The third-order valence-electron chi connectivity index (χ3n) is 3.55. The number of nitrogens with zero attached hydrogens (tertiary/aromatic N) is 2. The van der Waals surface area contributed by atoms with E-state index in [1.165, 1.54) is 45.3 Å². The molecule has 0 unspecified atom stereocenters. The SMILES string of the molecule is [C-]#[N+]c1ccc(OCCCCCN2CCCC2)cc1. The van der Waals surface area contributed by atoms with E-state index >= 15 is 0 Å². The number of likely N-dealkylation sites (tertiary alicyclic amines) is 1. The van der Waals surface area contributed by atoms with Crippen molar-refractivity contribution < 1.29 is 4.74 Å². The Morgan fingerprint density at radius 3 is 2.47 bits per heavy atom. The molecule has 0 saturated carbocycles. The molecule has 1 heterocycles. The molecule has 1 aliphatic rings. The summed E-state index contributed by atoms with van der Waals surface area (Å²) < 4.78 is 5.66. The predicted octanol–water partition coefficient (Wildman–Crippen LogP) is 3.88. The molecular weight excluding hydrogens is 236 g/mol. The lowest BCUT2D eigenvalue weighted by Gasteiger charge is -2.13. The second-order valence-electron chi connectivity index (χ2n) is 5.06. The average Bonchev–Trinajstić information content (AvgIpc) is 2.96. The lowest BCUT2D eigenvalue weighted by molar-refractivity contribution is 0.290. The second kappa shape index (κ2) is 7.81. The molecule has 1 aromatic rings. The van der Waals surface area contributed by atoms with E-state index in [9.17, 15) is 0 Å². The zero-order valence-electron chi connectivity index (χ0n) is 11.5. The van der Waals surface area contributed by atoms with Gasteiger partial charge in [0.1, 0.15) is 5.75 Å². The van der Waals surface area contributed by atoms with Crippen molar-refractivity contribution in [2.24, 2.45) is 0 Å². The van der Waals surface area contributed by atoms with E-state index in [4.69, 9.17) is 11.3 Å². The Balaban J connectivity index is 1.52. The Kier molecular flexibility index (Phi) is 5.71. The average molecular weight is 258 g/mol. The first-order valence-corrected chi connectivity index (χ1v) is 7.21. The van der Waals surface area contributed by atoms with Gasteiger partial charge in [-0.1, -0.05) is 12.1 Å². The smallest absolute Gasteiger partial charge is 0.187 e. The highest BCUT2D eigenvalue weighted by atomic mass is 16.5. The van der Waals surface area contributed by atoms with Crippen LogP contribution in [0.3, 0.4) is 0 Å². The Labute approximate surface area is 116 Å². The van der Waals surface area contributed by atoms with E-state index in [-0.39, 0.29) is 0 Å². The Bertz CT molecular complexity index is 402. The topological polar surface area (TPSA) is 16.8 Å². The number of ether oxygens (including phenoxy) is 1. The van der Waals surface area contributed by atoms with Gasteiger partial charge in [0.2, 0.25) is 0 Å². The number of rotatable bonds is 7. The summed E-state index contributed by atoms with van der Waals surface area (Å²) in [6.45, 7) is 11.5. The molecule has 0 aliphatic carbocycles. The first kappa shape index (κ1) is 13.9. The summed E-state index contributed by atoms with van der Waals surface area (Å²) in [7, 11) is 0. The van der Waals surface area contributed by atoms with Crippen molar-refractivity contribution in [3.63, 3.8) is 0 Å². The summed E-state index contributed by atoms with van der Waals surface area (Å²) in [6.07, 6.45) is 6.38. The summed E-state index contributed by atoms with van der Waals surface area (Å²) in [5.41, 5.74) is 0.665. The van der Waals surface area contributed by atoms with Gasteiger partial charge in [0.05, 0.1) is 13.2 Å². The molecule has 102 valence electrons. The first-order valence-electron chi connectivity index (χ1n) is 7.21. The quantitative estimate of drug-likeness (QED) is 0.545. The number of unbranched alkanes of at least 4 members (excludes halogenated alkanes) is 2. The van der Waals surface area contributed by atoms with Crippen molar-refractivity contribution in [3.8, 4) is 5.75 Å². The minimum Gasteiger partial charge on any atom is -0.494 e. The molecule has 2 rings (SSSR count). The van der Waals surface area contributed by atoms with Gasteiger partial charge in [0.15, 0.2) is 5.69 Å². The third kappa shape index (κ3) is 4.92. The zero-order valence-corrected chi connectivity index (χ0v) is 11.5. The van der Waals surface area contributed by atoms with Crippen LogP contribution in [0.5, 0.6) is 5.75 Å². The van der Waals surface area contributed by atoms with Gasteiger partial charge in [-0.15, -0.1) is 0 Å². The molecule has 19 heavy (non-hydrogen) atoms. The molecule has 0 radical (unpaired) electrons. The minimum absolute atomic E-state index is 0.665. The Morgan fingerprint density at radius 2 is 1.79 bits per heavy atom. The molecular formula is C16H22N2O. The van der Waals surface area contributed by atoms with Crippen LogP contribution in [-0.2, 0) is 0 Å². The normalized spacial score (nSPS) is 15.3. The van der Waals surface area contributed by atoms with Crippen LogP contribution in [0.15, 0.2) is 24.3 Å². The first-order chi connectivity index (χ1) is 9.38. The number of hydrogen-bond donors (Lipinski definition) is 0. The highest BCUT2D eigenvalue weighted by molar-refractivity contribution is 5.46. The molecule has 0 amide bonds. The summed E-state index contributed by atoms with van der Waals surface area (Å²) in [5.74, 6) is 0.868. The van der Waals surface area contributed by atoms with Crippen LogP contribution < -0.4 is 4.74 Å². The maximum absolute atomic E-state index is 6.88. The van der Waals surface area contributed by atoms with Crippen LogP contribution in [0.1, 0.15) is 32.1 Å². The van der Waals surface area contributed by atoms with E-state index in [2.05, 4.69) is 9.74 Å². The van der Waals surface area contributed by atoms with Gasteiger partial charge >= 0.3 is 0 Å². The molecule has 0 N–H and O–H groups in total. The van der Waals surface area contributed by atoms with Gasteiger partial charge in [-0.25, -0.2) is 4.85 Å². The van der Waals surface area contributed by atoms with Crippen LogP contribution in [0, 0.1) is 6.57 Å². The van der Waals surface area contributed by atoms with Gasteiger partial charge < -0.3 is 9.64 Å². The monoisotopic (exact) mass is 258 g/mol. The minimum atomic E-state index is 0.665. The molecule has 0 spiro atoms. The van der Waals surface area contributed by atoms with Crippen molar-refractivity contribution in [1.29, 1.82) is 0 Å². The van der Waals surface area contributed by atoms with Crippen molar-refractivity contribution in [3.05, 3.63) is 35.7 Å². The summed E-state index contributed by atoms with van der Waals surface area (Å²) in [6, 6.07) is 7.35. The van der Waals surface area contributed by atoms with E-state index in [0.29, 0.717) is 5.69 Å². The van der Waals surface area contributed by atoms with Crippen LogP contribution in [-0.4, -0.2) is 31.1 Å². The fourth-order valence-electron chi connectivity index (χ4n) is 2.43. The molecule has 0 bridgehead atoms. The molecule has 1 fully saturated rings. The van der Waals surface area contributed by atoms with Crippen molar-refractivity contribution in [2.75, 3.05) is 26.2 Å². The maximum Gasteiger partial charge on any atom is 0.187 e. The maximum atomic E-state index is 6.88. The van der Waals surface area contributed by atoms with Crippen LogP contribution >= 0.6 is 0 Å². The highest BCUT2D eigenvalue weighted by Crippen LogP contribution is 2.18. The van der Waals surface area contributed by atoms with Gasteiger partial charge in [0.25, 0.3) is 0 Å². The van der Waals surface area contributed by atoms with Crippen LogP contribution in [0.2, 0.25) is 0 Å². The zero-order chi connectivity index (χ0) is 13.3. The van der Waals surface area contributed by atoms with E-state index in [1.807, 2.05) is 12.1 Å². The number of benzene rings is 1. The molecule has 1 aliphatic heterocycles. The van der Waals surface area contributed by atoms with E-state index in [0.717, 1.165) is 18.8 Å². The second-order valence-corrected chi connectivity index (χ2v) is 5.06. The molecule has 3 nitrogen and oxygen atoms in total. The Morgan fingerprint density at radius 1 is 1.05 bits per heavy atom. The highest BCUT2D eigenvalue weighted by Gasteiger charge is 2.09. The van der Waals surface area contributed by atoms with E-state index in [1.54, 1.807) is 12.1 Å².